The van der Waals surface area contributed by atoms with Gasteiger partial charge in [-0.2, -0.15) is 0 Å². The van der Waals surface area contributed by atoms with Gasteiger partial charge in [-0.05, 0) is 58.0 Å². The van der Waals surface area contributed by atoms with E-state index in [1.54, 1.807) is 11.3 Å². The molecule has 27 heavy (non-hydrogen) atoms. The highest BCUT2D eigenvalue weighted by Crippen LogP contribution is 2.39. The van der Waals surface area contributed by atoms with Gasteiger partial charge in [0.25, 0.3) is 0 Å². The highest BCUT2D eigenvalue weighted by atomic mass is 32.1. The predicted molar refractivity (Wildman–Crippen MR) is 117 cm³/mol. The number of fused-ring (bicyclic) bond motifs is 1. The molecule has 0 atom stereocenters. The Labute approximate surface area is 168 Å². The van der Waals surface area contributed by atoms with Crippen molar-refractivity contribution in [2.45, 2.75) is 84.4 Å². The molecular weight excluding hydrogens is 373 g/mol. The summed E-state index contributed by atoms with van der Waals surface area (Å²) in [5.74, 6) is 0. The lowest BCUT2D eigenvalue weighted by Crippen LogP contribution is -2.41. The summed E-state index contributed by atoms with van der Waals surface area (Å²) < 4.78 is 20.0. The zero-order valence-corrected chi connectivity index (χ0v) is 19.9. The second-order valence-corrected chi connectivity index (χ2v) is 15.9. The molecule has 0 unspecified atom stereocenters. The first-order valence-electron chi connectivity index (χ1n) is 9.60. The van der Waals surface area contributed by atoms with Crippen molar-refractivity contribution < 1.29 is 13.7 Å². The van der Waals surface area contributed by atoms with Crippen LogP contribution in [0.15, 0.2) is 18.3 Å². The van der Waals surface area contributed by atoms with Gasteiger partial charge in [-0.3, -0.25) is 4.98 Å². The van der Waals surface area contributed by atoms with Gasteiger partial charge < -0.3 is 13.7 Å². The standard InChI is InChI=1S/C20H32BNO3SSi/c1-18(2,3)27(8,9)23-13-14-12-16-17(26-14)15(10-11-22-16)21-24-19(4,5)20(6,7)25-21/h10-12H,13H2,1-9H3. The third-order valence-electron chi connectivity index (χ3n) is 6.38. The van der Waals surface area contributed by atoms with Gasteiger partial charge in [0, 0.05) is 16.5 Å². The van der Waals surface area contributed by atoms with E-state index in [0.29, 0.717) is 6.61 Å². The summed E-state index contributed by atoms with van der Waals surface area (Å²) in [5, 5.41) is 0.204. The van der Waals surface area contributed by atoms with E-state index in [9.17, 15) is 0 Å². The molecule has 0 aliphatic carbocycles. The first-order valence-corrected chi connectivity index (χ1v) is 13.3. The Morgan fingerprint density at radius 1 is 1.15 bits per heavy atom. The van der Waals surface area contributed by atoms with Crippen LogP contribution in [0, 0.1) is 0 Å². The second-order valence-electron chi connectivity index (χ2n) is 9.96. The summed E-state index contributed by atoms with van der Waals surface area (Å²) in [4.78, 5) is 5.76. The molecule has 148 valence electrons. The molecule has 0 N–H and O–H groups in total. The van der Waals surface area contributed by atoms with Gasteiger partial charge >= 0.3 is 7.12 Å². The third kappa shape index (κ3) is 3.90. The zero-order valence-electron chi connectivity index (χ0n) is 18.1. The van der Waals surface area contributed by atoms with Crippen molar-refractivity contribution in [3.8, 4) is 0 Å². The molecule has 2 aromatic rings. The molecule has 0 spiro atoms. The Balaban J connectivity index is 1.86. The minimum absolute atomic E-state index is 0.204. The lowest BCUT2D eigenvalue weighted by atomic mass is 9.79. The maximum atomic E-state index is 6.40. The van der Waals surface area contributed by atoms with Gasteiger partial charge in [-0.25, -0.2) is 0 Å². The first kappa shape index (κ1) is 21.0. The molecule has 0 amide bonds. The molecule has 1 fully saturated rings. The van der Waals surface area contributed by atoms with Crippen molar-refractivity contribution >= 4 is 42.5 Å². The van der Waals surface area contributed by atoms with Gasteiger partial charge in [0.2, 0.25) is 0 Å². The van der Waals surface area contributed by atoms with Crippen molar-refractivity contribution in [3.05, 3.63) is 23.2 Å². The molecule has 0 saturated carbocycles. The van der Waals surface area contributed by atoms with Crippen molar-refractivity contribution in [2.24, 2.45) is 0 Å². The Hall–Kier alpha value is -0.728. The number of pyridine rings is 1. The lowest BCUT2D eigenvalue weighted by molar-refractivity contribution is 0.00578. The number of rotatable bonds is 4. The van der Waals surface area contributed by atoms with Gasteiger partial charge in [0.15, 0.2) is 8.32 Å². The van der Waals surface area contributed by atoms with Crippen molar-refractivity contribution in [1.29, 1.82) is 0 Å². The zero-order chi connectivity index (χ0) is 20.3. The van der Waals surface area contributed by atoms with Crippen LogP contribution < -0.4 is 5.46 Å². The SMILES string of the molecule is CC1(C)OB(c2ccnc3cc(CO[Si](C)(C)C(C)(C)C)sc23)OC1(C)C. The fraction of sp³-hybridized carbons (Fsp3) is 0.650. The summed E-state index contributed by atoms with van der Waals surface area (Å²) in [6, 6.07) is 4.15. The normalized spacial score (nSPS) is 19.8. The summed E-state index contributed by atoms with van der Waals surface area (Å²) >= 11 is 1.74. The molecule has 0 bridgehead atoms. The molecule has 3 rings (SSSR count). The molecule has 7 heteroatoms. The molecule has 2 aromatic heterocycles. The molecule has 4 nitrogen and oxygen atoms in total. The fourth-order valence-electron chi connectivity index (χ4n) is 2.70. The van der Waals surface area contributed by atoms with E-state index >= 15 is 0 Å². The molecule has 0 radical (unpaired) electrons. The maximum absolute atomic E-state index is 6.40. The van der Waals surface area contributed by atoms with Gasteiger partial charge in [-0.15, -0.1) is 11.3 Å². The van der Waals surface area contributed by atoms with Crippen LogP contribution in [0.25, 0.3) is 10.2 Å². The smallest absolute Gasteiger partial charge is 0.412 e. The van der Waals surface area contributed by atoms with E-state index in [1.165, 1.54) is 4.88 Å². The Kier molecular flexibility index (Phi) is 5.18. The molecular formula is C20H32BNO3SSi. The van der Waals surface area contributed by atoms with E-state index in [0.717, 1.165) is 15.7 Å². The first-order chi connectivity index (χ1) is 12.2. The Morgan fingerprint density at radius 2 is 1.74 bits per heavy atom. The van der Waals surface area contributed by atoms with Crippen LogP contribution in [0.2, 0.25) is 18.1 Å². The number of hydrogen-bond donors (Lipinski definition) is 0. The van der Waals surface area contributed by atoms with Crippen molar-refractivity contribution in [3.63, 3.8) is 0 Å². The average Bonchev–Trinajstić information content (AvgIpc) is 3.02. The van der Waals surface area contributed by atoms with E-state index < -0.39 is 8.32 Å². The van der Waals surface area contributed by atoms with Gasteiger partial charge in [-0.1, -0.05) is 20.8 Å². The average molecular weight is 405 g/mol. The predicted octanol–water partition coefficient (Wildman–Crippen LogP) is 5.12. The number of aromatic nitrogens is 1. The molecule has 1 aliphatic rings. The molecule has 3 heterocycles. The highest BCUT2D eigenvalue weighted by molar-refractivity contribution is 7.20. The Bertz CT molecular complexity index is 825. The maximum Gasteiger partial charge on any atom is 0.496 e. The monoisotopic (exact) mass is 405 g/mol. The van der Waals surface area contributed by atoms with Crippen molar-refractivity contribution in [2.75, 3.05) is 0 Å². The van der Waals surface area contributed by atoms with E-state index in [4.69, 9.17) is 13.7 Å². The van der Waals surface area contributed by atoms with Crippen LogP contribution in [0.3, 0.4) is 0 Å². The minimum Gasteiger partial charge on any atom is -0.412 e. The second kappa shape index (κ2) is 6.66. The van der Waals surface area contributed by atoms with Crippen LogP contribution in [0.5, 0.6) is 0 Å². The summed E-state index contributed by atoms with van der Waals surface area (Å²) in [5.41, 5.74) is 1.35. The largest absolute Gasteiger partial charge is 0.496 e. The number of hydrogen-bond acceptors (Lipinski definition) is 5. The number of nitrogens with zero attached hydrogens (tertiary/aromatic N) is 1. The van der Waals surface area contributed by atoms with Crippen LogP contribution in [-0.4, -0.2) is 31.6 Å². The topological polar surface area (TPSA) is 40.6 Å². The lowest BCUT2D eigenvalue weighted by Gasteiger charge is -2.35. The third-order valence-corrected chi connectivity index (χ3v) is 12.0. The molecule has 1 saturated heterocycles. The van der Waals surface area contributed by atoms with Crippen molar-refractivity contribution in [1.82, 2.24) is 4.98 Å². The van der Waals surface area contributed by atoms with E-state index in [1.807, 2.05) is 12.3 Å². The molecule has 0 aromatic carbocycles. The van der Waals surface area contributed by atoms with Gasteiger partial charge in [0.1, 0.15) is 0 Å². The van der Waals surface area contributed by atoms with Crippen LogP contribution in [-0.2, 0) is 20.3 Å². The van der Waals surface area contributed by atoms with E-state index in [-0.39, 0.29) is 23.4 Å². The highest BCUT2D eigenvalue weighted by Gasteiger charge is 2.52. The van der Waals surface area contributed by atoms with Crippen LogP contribution in [0.1, 0.15) is 53.3 Å². The fourth-order valence-corrected chi connectivity index (χ4v) is 4.80. The summed E-state index contributed by atoms with van der Waals surface area (Å²) in [6.07, 6.45) is 1.84. The summed E-state index contributed by atoms with van der Waals surface area (Å²) in [6.45, 7) is 20.3. The molecule has 1 aliphatic heterocycles. The van der Waals surface area contributed by atoms with Gasteiger partial charge in [0.05, 0.1) is 28.0 Å². The van der Waals surface area contributed by atoms with E-state index in [2.05, 4.69) is 72.6 Å². The van der Waals surface area contributed by atoms with Crippen LogP contribution in [0.4, 0.5) is 0 Å². The van der Waals surface area contributed by atoms with Crippen LogP contribution >= 0.6 is 11.3 Å². The number of thiophene rings is 1. The Morgan fingerprint density at radius 3 is 2.30 bits per heavy atom. The summed E-state index contributed by atoms with van der Waals surface area (Å²) in [7, 11) is -2.14. The minimum atomic E-state index is -1.78. The quantitative estimate of drug-likeness (QED) is 0.663.